The third kappa shape index (κ3) is 9.68. The average Bonchev–Trinajstić information content (AvgIpc) is 2.85. The number of aliphatic hydroxyl groups excluding tert-OH is 10. The van der Waals surface area contributed by atoms with Gasteiger partial charge in [-0.05, 0) is 24.1 Å². The molecule has 12 heteroatoms. The van der Waals surface area contributed by atoms with Crippen LogP contribution in [0.3, 0.4) is 0 Å². The minimum atomic E-state index is -1.84. The summed E-state index contributed by atoms with van der Waals surface area (Å²) in [6, 6.07) is 7.36. The van der Waals surface area contributed by atoms with E-state index in [2.05, 4.69) is 0 Å². The van der Waals surface area contributed by atoms with E-state index >= 15 is 0 Å². The van der Waals surface area contributed by atoms with E-state index in [1.54, 1.807) is 6.07 Å². The van der Waals surface area contributed by atoms with Crippen LogP contribution < -0.4 is 4.74 Å². The van der Waals surface area contributed by atoms with Crippen molar-refractivity contribution in [1.82, 2.24) is 4.90 Å². The molecule has 0 saturated heterocycles. The Kier molecular flexibility index (Phi) is 14.0. The Morgan fingerprint density at radius 1 is 0.735 bits per heavy atom. The van der Waals surface area contributed by atoms with Gasteiger partial charge >= 0.3 is 0 Å². The molecule has 8 atom stereocenters. The van der Waals surface area contributed by atoms with Crippen LogP contribution in [-0.4, -0.2) is 144 Å². The molecule has 0 fully saturated rings. The molecular weight excluding hydrogens is 454 g/mol. The minimum Gasteiger partial charge on any atom is -0.492 e. The molecule has 0 aliphatic rings. The monoisotopic (exact) mass is 493 g/mol. The van der Waals surface area contributed by atoms with Crippen LogP contribution in [0.1, 0.15) is 12.5 Å². The van der Waals surface area contributed by atoms with Crippen LogP contribution in [-0.2, 0) is 6.42 Å². The quantitative estimate of drug-likeness (QED) is 0.1000. The molecule has 34 heavy (non-hydrogen) atoms. The van der Waals surface area contributed by atoms with Gasteiger partial charge in [0.05, 0.1) is 25.4 Å². The fourth-order valence-corrected chi connectivity index (χ4v) is 3.28. The van der Waals surface area contributed by atoms with E-state index in [0.29, 0.717) is 5.75 Å². The number of benzene rings is 1. The number of rotatable bonds is 17. The van der Waals surface area contributed by atoms with Gasteiger partial charge in [-0.2, -0.15) is 0 Å². The predicted molar refractivity (Wildman–Crippen MR) is 120 cm³/mol. The Hall–Kier alpha value is -1.42. The van der Waals surface area contributed by atoms with Gasteiger partial charge < -0.3 is 55.8 Å². The fraction of sp³-hybridized carbons (Fsp3) is 0.727. The Morgan fingerprint density at radius 2 is 1.21 bits per heavy atom. The second kappa shape index (κ2) is 15.5. The summed E-state index contributed by atoms with van der Waals surface area (Å²) in [6.07, 6.45) is -13.2. The normalized spacial score (nSPS) is 19.2. The van der Waals surface area contributed by atoms with Crippen LogP contribution in [0.5, 0.6) is 5.75 Å². The Bertz CT molecular complexity index is 652. The van der Waals surface area contributed by atoms with Crippen LogP contribution in [0.15, 0.2) is 24.3 Å². The van der Waals surface area contributed by atoms with Gasteiger partial charge in [0, 0.05) is 19.6 Å². The van der Waals surface area contributed by atoms with E-state index in [9.17, 15) is 40.9 Å². The molecule has 1 aromatic rings. The predicted octanol–water partition coefficient (Wildman–Crippen LogP) is -4.20. The largest absolute Gasteiger partial charge is 0.492 e. The zero-order valence-electron chi connectivity index (χ0n) is 19.2. The van der Waals surface area contributed by atoms with E-state index in [4.69, 9.17) is 14.9 Å². The number of hydrogen-bond acceptors (Lipinski definition) is 12. The summed E-state index contributed by atoms with van der Waals surface area (Å²) >= 11 is 0. The molecule has 0 aromatic heterocycles. The van der Waals surface area contributed by atoms with Crippen molar-refractivity contribution in [3.63, 3.8) is 0 Å². The van der Waals surface area contributed by atoms with E-state index < -0.39 is 62.0 Å². The topological polar surface area (TPSA) is 215 Å². The van der Waals surface area contributed by atoms with Crippen LogP contribution >= 0.6 is 0 Å². The molecule has 0 aliphatic heterocycles. The molecule has 0 spiro atoms. The summed E-state index contributed by atoms with van der Waals surface area (Å²) < 4.78 is 5.69. The van der Waals surface area contributed by atoms with E-state index in [1.165, 1.54) is 4.90 Å². The van der Waals surface area contributed by atoms with Crippen molar-refractivity contribution in [2.24, 2.45) is 0 Å². The molecule has 198 valence electrons. The summed E-state index contributed by atoms with van der Waals surface area (Å²) in [5.74, 6) is 0.587. The van der Waals surface area contributed by atoms with Gasteiger partial charge in [0.25, 0.3) is 0 Å². The van der Waals surface area contributed by atoms with Gasteiger partial charge in [0.15, 0.2) is 0 Å². The van der Waals surface area contributed by atoms with Crippen molar-refractivity contribution in [3.05, 3.63) is 29.8 Å². The van der Waals surface area contributed by atoms with Crippen LogP contribution in [0.4, 0.5) is 0 Å². The van der Waals surface area contributed by atoms with E-state index in [-0.39, 0.29) is 26.2 Å². The highest BCUT2D eigenvalue weighted by atomic mass is 16.5. The second-order valence-corrected chi connectivity index (χ2v) is 8.21. The van der Waals surface area contributed by atoms with Crippen molar-refractivity contribution in [3.8, 4) is 5.75 Å². The lowest BCUT2D eigenvalue weighted by Gasteiger charge is -2.33. The molecule has 1 aromatic carbocycles. The van der Waals surface area contributed by atoms with Crippen molar-refractivity contribution >= 4 is 0 Å². The van der Waals surface area contributed by atoms with Crippen molar-refractivity contribution in [2.45, 2.75) is 62.2 Å². The van der Waals surface area contributed by atoms with Gasteiger partial charge in [-0.1, -0.05) is 19.1 Å². The molecule has 0 amide bonds. The number of aryl methyl sites for hydroxylation is 1. The maximum atomic E-state index is 10.3. The van der Waals surface area contributed by atoms with Crippen LogP contribution in [0, 0.1) is 0 Å². The average molecular weight is 494 g/mol. The van der Waals surface area contributed by atoms with Crippen molar-refractivity contribution in [2.75, 3.05) is 39.5 Å². The number of hydrogen-bond donors (Lipinski definition) is 10. The van der Waals surface area contributed by atoms with E-state index in [0.717, 1.165) is 12.0 Å². The maximum absolute atomic E-state index is 10.3. The zero-order chi connectivity index (χ0) is 25.8. The smallest absolute Gasteiger partial charge is 0.119 e. The number of aliphatic hydroxyl groups is 10. The summed E-state index contributed by atoms with van der Waals surface area (Å²) in [6.45, 7) is -0.243. The maximum Gasteiger partial charge on any atom is 0.119 e. The fourth-order valence-electron chi connectivity index (χ4n) is 3.28. The molecule has 1 rings (SSSR count). The third-order valence-electron chi connectivity index (χ3n) is 5.52. The highest BCUT2D eigenvalue weighted by Crippen LogP contribution is 2.15. The molecule has 0 bridgehead atoms. The Morgan fingerprint density at radius 3 is 1.65 bits per heavy atom. The SMILES string of the molecule is CCc1cccc(OCCN(C[C@H](O)[C@@H](O)[C@H](O)[C@H](O)CO)C[C@H](O)[C@@H](O)[C@H](O)[C@H](O)CO)c1. The first kappa shape index (κ1) is 30.6. The van der Waals surface area contributed by atoms with Crippen LogP contribution in [0.25, 0.3) is 0 Å². The van der Waals surface area contributed by atoms with Crippen molar-refractivity contribution in [1.29, 1.82) is 0 Å². The second-order valence-electron chi connectivity index (χ2n) is 8.21. The lowest BCUT2D eigenvalue weighted by molar-refractivity contribution is -0.130. The molecule has 0 saturated carbocycles. The van der Waals surface area contributed by atoms with Gasteiger partial charge in [-0.25, -0.2) is 0 Å². The molecule has 0 unspecified atom stereocenters. The highest BCUT2D eigenvalue weighted by molar-refractivity contribution is 5.28. The first-order valence-electron chi connectivity index (χ1n) is 11.2. The summed E-state index contributed by atoms with van der Waals surface area (Å²) in [5, 5.41) is 97.3. The third-order valence-corrected chi connectivity index (χ3v) is 5.52. The summed E-state index contributed by atoms with van der Waals surface area (Å²) in [7, 11) is 0. The number of nitrogens with zero attached hydrogens (tertiary/aromatic N) is 1. The van der Waals surface area contributed by atoms with Gasteiger partial charge in [0.2, 0.25) is 0 Å². The number of ether oxygens (including phenoxy) is 1. The molecule has 0 heterocycles. The van der Waals surface area contributed by atoms with E-state index in [1.807, 2.05) is 25.1 Å². The van der Waals surface area contributed by atoms with Gasteiger partial charge in [-0.3, -0.25) is 4.90 Å². The first-order chi connectivity index (χ1) is 16.0. The lowest BCUT2D eigenvalue weighted by Crippen LogP contribution is -2.53. The van der Waals surface area contributed by atoms with Crippen LogP contribution in [0.2, 0.25) is 0 Å². The molecule has 12 nitrogen and oxygen atoms in total. The van der Waals surface area contributed by atoms with Gasteiger partial charge in [-0.15, -0.1) is 0 Å². The van der Waals surface area contributed by atoms with Crippen molar-refractivity contribution < 1.29 is 55.8 Å². The summed E-state index contributed by atoms with van der Waals surface area (Å²) in [4.78, 5) is 1.38. The van der Waals surface area contributed by atoms with Gasteiger partial charge in [0.1, 0.15) is 49.0 Å². The molecule has 0 aliphatic carbocycles. The highest BCUT2D eigenvalue weighted by Gasteiger charge is 2.34. The minimum absolute atomic E-state index is 0.0706. The first-order valence-corrected chi connectivity index (χ1v) is 11.2. The molecule has 10 N–H and O–H groups in total. The Balaban J connectivity index is 2.85. The lowest BCUT2D eigenvalue weighted by atomic mass is 10.0. The zero-order valence-corrected chi connectivity index (χ0v) is 19.2. The summed E-state index contributed by atoms with van der Waals surface area (Å²) in [5.41, 5.74) is 1.05. The standard InChI is InChI=1S/C22H39NO11/c1-2-13-4-3-5-14(8-13)34-7-6-23(9-15(26)19(30)21(32)17(28)11-24)10-16(27)20(31)22(33)18(29)12-25/h3-5,8,15-22,24-33H,2,6-7,9-12H2,1H3/t15-,16-,17+,18+,19+,20+,21+,22+/m0/s1. The molecule has 0 radical (unpaired) electrons. The Labute approximate surface area is 198 Å². The molecular formula is C22H39NO11.